The molecule has 0 saturated carbocycles. The summed E-state index contributed by atoms with van der Waals surface area (Å²) in [6.45, 7) is 4.60. The van der Waals surface area contributed by atoms with Gasteiger partial charge in [-0.25, -0.2) is 13.1 Å². The maximum atomic E-state index is 11.9. The summed E-state index contributed by atoms with van der Waals surface area (Å²) in [5, 5.41) is 0. The Labute approximate surface area is 105 Å². The minimum atomic E-state index is -3.38. The lowest BCUT2D eigenvalue weighted by molar-refractivity contribution is 0.551. The van der Waals surface area contributed by atoms with E-state index in [1.54, 1.807) is 24.3 Å². The second-order valence-electron chi connectivity index (χ2n) is 4.01. The molecule has 0 aromatic heterocycles. The summed E-state index contributed by atoms with van der Waals surface area (Å²) in [6.07, 6.45) is 0.837. The van der Waals surface area contributed by atoms with Crippen LogP contribution in [0.3, 0.4) is 0 Å². The van der Waals surface area contributed by atoms with Crippen molar-refractivity contribution in [1.29, 1.82) is 0 Å². The summed E-state index contributed by atoms with van der Waals surface area (Å²) in [7, 11) is -3.38. The summed E-state index contributed by atoms with van der Waals surface area (Å²) in [5.74, 6) is 0.488. The molecular weight excluding hydrogens is 290 g/mol. The fourth-order valence-electron chi connectivity index (χ4n) is 1.22. The van der Waals surface area contributed by atoms with Crippen LogP contribution >= 0.6 is 15.9 Å². The van der Waals surface area contributed by atoms with E-state index in [1.807, 2.05) is 0 Å². The predicted octanol–water partition coefficient (Wildman–Crippen LogP) is 2.77. The molecule has 90 valence electrons. The van der Waals surface area contributed by atoms with E-state index in [0.717, 1.165) is 6.42 Å². The summed E-state index contributed by atoms with van der Waals surface area (Å²) < 4.78 is 27.0. The normalized spacial score (nSPS) is 12.0. The van der Waals surface area contributed by atoms with E-state index >= 15 is 0 Å². The molecule has 0 unspecified atom stereocenters. The molecule has 1 N–H and O–H groups in total. The molecule has 1 aromatic rings. The number of hydrogen-bond acceptors (Lipinski definition) is 2. The van der Waals surface area contributed by atoms with E-state index in [0.29, 0.717) is 21.8 Å². The first-order valence-electron chi connectivity index (χ1n) is 5.17. The van der Waals surface area contributed by atoms with Crippen LogP contribution in [0.4, 0.5) is 0 Å². The fourth-order valence-corrected chi connectivity index (χ4v) is 3.27. The Morgan fingerprint density at radius 3 is 2.50 bits per heavy atom. The van der Waals surface area contributed by atoms with Crippen LogP contribution in [0, 0.1) is 5.92 Å². The van der Waals surface area contributed by atoms with Crippen LogP contribution in [0.1, 0.15) is 20.3 Å². The van der Waals surface area contributed by atoms with Gasteiger partial charge in [0.05, 0.1) is 4.90 Å². The third-order valence-electron chi connectivity index (χ3n) is 2.14. The van der Waals surface area contributed by atoms with E-state index in [1.165, 1.54) is 0 Å². The van der Waals surface area contributed by atoms with Crippen molar-refractivity contribution in [3.63, 3.8) is 0 Å². The number of sulfonamides is 1. The van der Waals surface area contributed by atoms with Gasteiger partial charge < -0.3 is 0 Å². The van der Waals surface area contributed by atoms with Gasteiger partial charge in [0, 0.05) is 11.0 Å². The number of rotatable bonds is 5. The zero-order valence-electron chi connectivity index (χ0n) is 9.40. The lowest BCUT2D eigenvalue weighted by atomic mass is 10.1. The van der Waals surface area contributed by atoms with E-state index in [4.69, 9.17) is 0 Å². The molecule has 0 aliphatic rings. The van der Waals surface area contributed by atoms with Crippen LogP contribution in [0.15, 0.2) is 33.6 Å². The topological polar surface area (TPSA) is 46.2 Å². The standard InChI is InChI=1S/C11H16BrNO2S/c1-9(2)7-8-13-16(14,15)11-6-4-3-5-10(11)12/h3-6,9,13H,7-8H2,1-2H3. The lowest BCUT2D eigenvalue weighted by Gasteiger charge is -2.09. The Balaban J connectivity index is 2.75. The number of nitrogens with one attached hydrogen (secondary N) is 1. The molecule has 0 fully saturated rings. The smallest absolute Gasteiger partial charge is 0.211 e. The Hall–Kier alpha value is -0.390. The molecule has 5 heteroatoms. The van der Waals surface area contributed by atoms with E-state index in [2.05, 4.69) is 34.5 Å². The van der Waals surface area contributed by atoms with Crippen LogP contribution in [0.2, 0.25) is 0 Å². The molecule has 0 radical (unpaired) electrons. The van der Waals surface area contributed by atoms with Crippen LogP contribution in [-0.2, 0) is 10.0 Å². The molecule has 1 rings (SSSR count). The van der Waals surface area contributed by atoms with Crippen molar-refractivity contribution in [3.05, 3.63) is 28.7 Å². The summed E-state index contributed by atoms with van der Waals surface area (Å²) >= 11 is 3.23. The van der Waals surface area contributed by atoms with Crippen LogP contribution in [-0.4, -0.2) is 15.0 Å². The van der Waals surface area contributed by atoms with Crippen molar-refractivity contribution in [2.45, 2.75) is 25.2 Å². The summed E-state index contributed by atoms with van der Waals surface area (Å²) in [6, 6.07) is 6.80. The van der Waals surface area contributed by atoms with Gasteiger partial charge in [-0.2, -0.15) is 0 Å². The third-order valence-corrected chi connectivity index (χ3v) is 4.61. The van der Waals surface area contributed by atoms with Gasteiger partial charge in [0.25, 0.3) is 0 Å². The zero-order chi connectivity index (χ0) is 12.2. The van der Waals surface area contributed by atoms with E-state index < -0.39 is 10.0 Å². The first-order valence-corrected chi connectivity index (χ1v) is 7.45. The lowest BCUT2D eigenvalue weighted by Crippen LogP contribution is -2.25. The third kappa shape index (κ3) is 3.88. The van der Waals surface area contributed by atoms with Crippen LogP contribution in [0.25, 0.3) is 0 Å². The van der Waals surface area contributed by atoms with Gasteiger partial charge in [-0.05, 0) is 40.4 Å². The van der Waals surface area contributed by atoms with Gasteiger partial charge in [-0.3, -0.25) is 0 Å². The Kier molecular flexibility index (Phi) is 4.95. The largest absolute Gasteiger partial charge is 0.241 e. The van der Waals surface area contributed by atoms with Gasteiger partial charge in [0.15, 0.2) is 0 Å². The molecule has 0 aliphatic carbocycles. The van der Waals surface area contributed by atoms with Crippen molar-refractivity contribution in [2.75, 3.05) is 6.54 Å². The maximum Gasteiger partial charge on any atom is 0.241 e. The average Bonchev–Trinajstić information content (AvgIpc) is 2.17. The van der Waals surface area contributed by atoms with Crippen molar-refractivity contribution < 1.29 is 8.42 Å². The first-order chi connectivity index (χ1) is 7.43. The second-order valence-corrected chi connectivity index (χ2v) is 6.60. The monoisotopic (exact) mass is 305 g/mol. The second kappa shape index (κ2) is 5.80. The molecule has 0 atom stereocenters. The molecule has 3 nitrogen and oxygen atoms in total. The van der Waals surface area contributed by atoms with Crippen LogP contribution < -0.4 is 4.72 Å². The molecule has 16 heavy (non-hydrogen) atoms. The Morgan fingerprint density at radius 2 is 1.94 bits per heavy atom. The predicted molar refractivity (Wildman–Crippen MR) is 68.8 cm³/mol. The highest BCUT2D eigenvalue weighted by molar-refractivity contribution is 9.10. The fraction of sp³-hybridized carbons (Fsp3) is 0.455. The molecule has 0 amide bonds. The Bertz CT molecular complexity index is 443. The van der Waals surface area contributed by atoms with Crippen molar-refractivity contribution in [1.82, 2.24) is 4.72 Å². The molecular formula is C11H16BrNO2S. The number of halogens is 1. The van der Waals surface area contributed by atoms with E-state index in [9.17, 15) is 8.42 Å². The molecule has 1 aromatic carbocycles. The summed E-state index contributed by atoms with van der Waals surface area (Å²) in [4.78, 5) is 0.291. The van der Waals surface area contributed by atoms with Gasteiger partial charge >= 0.3 is 0 Å². The highest BCUT2D eigenvalue weighted by Gasteiger charge is 2.16. The quantitative estimate of drug-likeness (QED) is 0.909. The van der Waals surface area contributed by atoms with Gasteiger partial charge in [-0.1, -0.05) is 26.0 Å². The molecule has 0 spiro atoms. The van der Waals surface area contributed by atoms with Crippen molar-refractivity contribution >= 4 is 26.0 Å². The SMILES string of the molecule is CC(C)CCNS(=O)(=O)c1ccccc1Br. The zero-order valence-corrected chi connectivity index (χ0v) is 11.8. The van der Waals surface area contributed by atoms with E-state index in [-0.39, 0.29) is 0 Å². The van der Waals surface area contributed by atoms with Gasteiger partial charge in [0.2, 0.25) is 10.0 Å². The average molecular weight is 306 g/mol. The van der Waals surface area contributed by atoms with Gasteiger partial charge in [-0.15, -0.1) is 0 Å². The molecule has 0 heterocycles. The number of hydrogen-bond donors (Lipinski definition) is 1. The number of benzene rings is 1. The Morgan fingerprint density at radius 1 is 1.31 bits per heavy atom. The van der Waals surface area contributed by atoms with Gasteiger partial charge in [0.1, 0.15) is 0 Å². The maximum absolute atomic E-state index is 11.9. The minimum Gasteiger partial charge on any atom is -0.211 e. The molecule has 0 aliphatic heterocycles. The molecule has 0 bridgehead atoms. The highest BCUT2D eigenvalue weighted by Crippen LogP contribution is 2.20. The summed E-state index contributed by atoms with van der Waals surface area (Å²) in [5.41, 5.74) is 0. The van der Waals surface area contributed by atoms with Crippen molar-refractivity contribution in [2.24, 2.45) is 5.92 Å². The van der Waals surface area contributed by atoms with Crippen LogP contribution in [0.5, 0.6) is 0 Å². The minimum absolute atomic E-state index is 0.291. The first kappa shape index (κ1) is 13.7. The molecule has 0 saturated heterocycles. The highest BCUT2D eigenvalue weighted by atomic mass is 79.9. The van der Waals surface area contributed by atoms with Crippen molar-refractivity contribution in [3.8, 4) is 0 Å².